The highest BCUT2D eigenvalue weighted by atomic mass is 16.2. The van der Waals surface area contributed by atoms with Crippen molar-refractivity contribution in [1.29, 1.82) is 0 Å². The topological polar surface area (TPSA) is 265 Å². The largest absolute Gasteiger partial charge is 0.399 e. The van der Waals surface area contributed by atoms with E-state index < -0.39 is 77.4 Å². The van der Waals surface area contributed by atoms with Crippen LogP contribution in [-0.2, 0) is 41.6 Å². The normalized spacial score (nSPS) is 22.7. The van der Waals surface area contributed by atoms with Gasteiger partial charge in [-0.25, -0.2) is 0 Å². The first kappa shape index (κ1) is 56.9. The summed E-state index contributed by atoms with van der Waals surface area (Å²) in [6, 6.07) is 13.1. The third-order valence-electron chi connectivity index (χ3n) is 15.6. The number of nitrogens with one attached hydrogen (secondary N) is 8. The van der Waals surface area contributed by atoms with E-state index in [-0.39, 0.29) is 84.4 Å². The van der Waals surface area contributed by atoms with E-state index in [1.165, 1.54) is 28.0 Å². The predicted octanol–water partition coefficient (Wildman–Crippen LogP) is 2.94. The molecule has 1 unspecified atom stereocenters. The van der Waals surface area contributed by atoms with Crippen molar-refractivity contribution in [3.8, 4) is 0 Å². The summed E-state index contributed by atoms with van der Waals surface area (Å²) in [5, 5.41) is 24.0. The van der Waals surface area contributed by atoms with Crippen LogP contribution in [0.4, 0.5) is 5.69 Å². The molecule has 0 aromatic heterocycles. The summed E-state index contributed by atoms with van der Waals surface area (Å²) in [5.74, 6) is -3.97. The van der Waals surface area contributed by atoms with Gasteiger partial charge in [-0.3, -0.25) is 38.4 Å². The molecule has 10 atom stereocenters. The third kappa shape index (κ3) is 13.2. The zero-order valence-corrected chi connectivity index (χ0v) is 45.5. The number of aryl methyl sites for hydroxylation is 2. The molecule has 0 bridgehead atoms. The summed E-state index contributed by atoms with van der Waals surface area (Å²) in [6.45, 7) is 12.4. The molecular formula is C57H79N11O8. The second-order valence-corrected chi connectivity index (χ2v) is 22.5. The fraction of sp³-hybridized carbons (Fsp3) is 0.544. The summed E-state index contributed by atoms with van der Waals surface area (Å²) in [5.41, 5.74) is 10.2. The lowest BCUT2D eigenvalue weighted by atomic mass is 9.85. The molecule has 0 saturated carbocycles. The van der Waals surface area contributed by atoms with Gasteiger partial charge >= 0.3 is 0 Å². The van der Waals surface area contributed by atoms with Crippen molar-refractivity contribution >= 4 is 52.9 Å². The van der Waals surface area contributed by atoms with Crippen LogP contribution in [0.25, 0.3) is 0 Å². The fourth-order valence-electron chi connectivity index (χ4n) is 11.0. The lowest BCUT2D eigenvalue weighted by Crippen LogP contribution is -2.59. The molecule has 3 aromatic rings. The van der Waals surface area contributed by atoms with Crippen LogP contribution in [0.5, 0.6) is 0 Å². The van der Waals surface area contributed by atoms with Crippen molar-refractivity contribution in [2.24, 2.45) is 11.3 Å². The highest BCUT2D eigenvalue weighted by molar-refractivity contribution is 6.02. The van der Waals surface area contributed by atoms with Gasteiger partial charge in [0.1, 0.15) is 24.2 Å². The van der Waals surface area contributed by atoms with Crippen LogP contribution in [-0.4, -0.2) is 133 Å². The maximum absolute atomic E-state index is 14.7. The van der Waals surface area contributed by atoms with E-state index in [0.29, 0.717) is 0 Å². The molecule has 2 aliphatic heterocycles. The number of rotatable bonds is 17. The number of hydrogen-bond acceptors (Lipinski definition) is 11. The first-order chi connectivity index (χ1) is 36.1. The molecule has 3 aromatic carbocycles. The number of fused-ring (bicyclic) bond motifs is 2. The van der Waals surface area contributed by atoms with E-state index in [0.717, 1.165) is 60.8 Å². The molecule has 4 aliphatic rings. The van der Waals surface area contributed by atoms with Crippen LogP contribution in [0, 0.1) is 11.3 Å². The van der Waals surface area contributed by atoms with Crippen molar-refractivity contribution in [2.75, 3.05) is 32.9 Å². The minimum Gasteiger partial charge on any atom is -0.399 e. The summed E-state index contributed by atoms with van der Waals surface area (Å²) < 4.78 is 0. The molecule has 410 valence electrons. The Labute approximate surface area is 446 Å². The van der Waals surface area contributed by atoms with Crippen LogP contribution < -0.4 is 48.3 Å². The summed E-state index contributed by atoms with van der Waals surface area (Å²) >= 11 is 0. The average molecular weight is 1050 g/mol. The molecule has 19 nitrogen and oxygen atoms in total. The lowest BCUT2D eigenvalue weighted by molar-refractivity contribution is -0.144. The smallest absolute Gasteiger partial charge is 0.251 e. The molecule has 0 spiro atoms. The van der Waals surface area contributed by atoms with Crippen molar-refractivity contribution in [1.82, 2.24) is 52.3 Å². The Morgan fingerprint density at radius 1 is 0.592 bits per heavy atom. The highest BCUT2D eigenvalue weighted by Crippen LogP contribution is 2.33. The van der Waals surface area contributed by atoms with Crippen molar-refractivity contribution in [3.63, 3.8) is 0 Å². The zero-order valence-electron chi connectivity index (χ0n) is 45.5. The number of anilines is 1. The van der Waals surface area contributed by atoms with Crippen molar-refractivity contribution < 1.29 is 38.4 Å². The molecule has 10 N–H and O–H groups in total. The molecule has 19 heteroatoms. The molecule has 2 aliphatic carbocycles. The van der Waals surface area contributed by atoms with Gasteiger partial charge in [-0.2, -0.15) is 0 Å². The van der Waals surface area contributed by atoms with Gasteiger partial charge in [0, 0.05) is 42.0 Å². The predicted molar refractivity (Wildman–Crippen MR) is 289 cm³/mol. The highest BCUT2D eigenvalue weighted by Gasteiger charge is 2.47. The van der Waals surface area contributed by atoms with Gasteiger partial charge in [0.2, 0.25) is 35.4 Å². The van der Waals surface area contributed by atoms with E-state index >= 15 is 0 Å². The minimum atomic E-state index is -1.01. The van der Waals surface area contributed by atoms with E-state index in [4.69, 9.17) is 5.73 Å². The van der Waals surface area contributed by atoms with Crippen LogP contribution in [0.3, 0.4) is 0 Å². The molecule has 76 heavy (non-hydrogen) atoms. The zero-order chi connectivity index (χ0) is 55.2. The number of benzene rings is 3. The number of nitrogens with two attached hydrogens (primary N) is 1. The Bertz CT molecular complexity index is 2670. The van der Waals surface area contributed by atoms with E-state index in [2.05, 4.69) is 54.7 Å². The van der Waals surface area contributed by atoms with Crippen LogP contribution in [0.1, 0.15) is 142 Å². The molecule has 7 rings (SSSR count). The van der Waals surface area contributed by atoms with Crippen LogP contribution in [0.2, 0.25) is 0 Å². The number of nitrogens with zero attached hydrogens (tertiary/aromatic N) is 2. The minimum absolute atomic E-state index is 0.0343. The first-order valence-corrected chi connectivity index (χ1v) is 26.9. The Balaban J connectivity index is 1.09. The monoisotopic (exact) mass is 1050 g/mol. The van der Waals surface area contributed by atoms with E-state index in [9.17, 15) is 38.4 Å². The SMILES string of the molecule is CN[C@@H](C)C(=O)N[C@@H](C(=O)N1C[C@@H](NC(=O)c2cc(N)cc(C(=O)N[C@H]3C[C@@H](C(=O)N[C@@H]4CCCc5ccccc54)N(C(=O)[C@H](NC(=O)[C@H](C)NC)C(C)(C)C)C3)c2)CC1C(=O)N[C@@H]1CCCc2ccccc21)C(C)C. The molecular weight excluding hydrogens is 967 g/mol. The van der Waals surface area contributed by atoms with Gasteiger partial charge in [-0.1, -0.05) is 83.1 Å². The number of likely N-dealkylation sites (N-methyl/N-ethyl adjacent to an activating group) is 2. The Morgan fingerprint density at radius 3 is 1.46 bits per heavy atom. The van der Waals surface area contributed by atoms with Gasteiger partial charge in [0.05, 0.1) is 24.2 Å². The average Bonchev–Trinajstić information content (AvgIpc) is 4.04. The quantitative estimate of drug-likeness (QED) is 0.0888. The maximum Gasteiger partial charge on any atom is 0.251 e. The third-order valence-corrected chi connectivity index (χ3v) is 15.6. The second kappa shape index (κ2) is 24.4. The van der Waals surface area contributed by atoms with E-state index in [1.807, 2.05) is 71.0 Å². The lowest BCUT2D eigenvalue weighted by Gasteiger charge is -2.36. The standard InChI is InChI=1S/C57H79N11O8/c1-31(2)47(65-49(69)32(3)59-8)55(75)67-29-39(27-45(67)53(73)63-43-22-14-18-34-16-10-12-20-41(34)43)61-51(71)36-24-37(26-38(58)25-36)52(72)62-40-28-46(54(74)64-44-23-15-19-35-17-11-13-21-42(35)44)68(30-40)56(76)48(57(5,6)7)66-50(70)33(4)60-9/h10-13,16-17,20-21,24-26,31-33,39-40,43-48,59-60H,14-15,18-19,22-23,27-30,58H2,1-9H3,(H,61,71)(H,62,72)(H,63,73)(H,64,74)(H,65,69)(H,66,70)/t32-,33-,39-,40-,43+,44+,45?,46-,47+,48-/m0/s1. The van der Waals surface area contributed by atoms with E-state index in [1.54, 1.807) is 27.9 Å². The Morgan fingerprint density at radius 2 is 1.03 bits per heavy atom. The van der Waals surface area contributed by atoms with Crippen molar-refractivity contribution in [3.05, 3.63) is 100 Å². The number of carbonyl (C=O) groups is 8. The summed E-state index contributed by atoms with van der Waals surface area (Å²) in [4.78, 5) is 116. The molecule has 0 radical (unpaired) electrons. The maximum atomic E-state index is 14.7. The second-order valence-electron chi connectivity index (χ2n) is 22.5. The first-order valence-electron chi connectivity index (χ1n) is 26.9. The Hall–Kier alpha value is -6.86. The van der Waals surface area contributed by atoms with Crippen molar-refractivity contribution in [2.45, 2.75) is 160 Å². The van der Waals surface area contributed by atoms with Crippen LogP contribution in [0.15, 0.2) is 66.7 Å². The molecule has 2 heterocycles. The molecule has 2 fully saturated rings. The van der Waals surface area contributed by atoms with Gasteiger partial charge in [0.25, 0.3) is 11.8 Å². The molecule has 2 saturated heterocycles. The number of hydrogen-bond donors (Lipinski definition) is 9. The number of amides is 8. The van der Waals surface area contributed by atoms with Gasteiger partial charge < -0.3 is 58.1 Å². The fourth-order valence-corrected chi connectivity index (χ4v) is 11.0. The van der Waals surface area contributed by atoms with Crippen LogP contribution >= 0.6 is 0 Å². The van der Waals surface area contributed by atoms with Gasteiger partial charge in [-0.05, 0) is 131 Å². The molecule has 8 amide bonds. The number of nitrogen functional groups attached to an aromatic ring is 1. The van der Waals surface area contributed by atoms with Gasteiger partial charge in [0.15, 0.2) is 0 Å². The Kier molecular flexibility index (Phi) is 18.3. The van der Waals surface area contributed by atoms with Gasteiger partial charge in [-0.15, -0.1) is 0 Å². The number of carbonyl (C=O) groups excluding carboxylic acids is 8. The summed E-state index contributed by atoms with van der Waals surface area (Å²) in [7, 11) is 3.29. The number of likely N-dealkylation sites (tertiary alicyclic amines) is 2. The summed E-state index contributed by atoms with van der Waals surface area (Å²) in [6.07, 6.45) is 5.12.